The lowest BCUT2D eigenvalue weighted by molar-refractivity contribution is -0.194. The first-order chi connectivity index (χ1) is 12.0. The summed E-state index contributed by atoms with van der Waals surface area (Å²) in [5.74, 6) is -0.623. The zero-order valence-corrected chi connectivity index (χ0v) is 14.3. The number of carbonyl (C=O) groups is 2. The lowest BCUT2D eigenvalue weighted by Gasteiger charge is -2.17. The van der Waals surface area contributed by atoms with Crippen LogP contribution in [0.3, 0.4) is 0 Å². The highest BCUT2D eigenvalue weighted by molar-refractivity contribution is 6.07. The maximum absolute atomic E-state index is 12.4. The summed E-state index contributed by atoms with van der Waals surface area (Å²) in [5.41, 5.74) is 3.25. The van der Waals surface area contributed by atoms with Crippen LogP contribution in [0.15, 0.2) is 18.2 Å². The van der Waals surface area contributed by atoms with Crippen LogP contribution >= 0.6 is 0 Å². The molecule has 0 N–H and O–H groups in total. The van der Waals surface area contributed by atoms with Crippen LogP contribution in [0, 0.1) is 13.8 Å². The largest absolute Gasteiger partial charge is 0.465 e. The normalized spacial score (nSPS) is 12.3. The Balaban J connectivity index is 2.35. The number of rotatable bonds is 3. The van der Waals surface area contributed by atoms with Crippen molar-refractivity contribution in [3.05, 3.63) is 46.3 Å². The van der Waals surface area contributed by atoms with Gasteiger partial charge in [-0.15, -0.1) is 0 Å². The summed E-state index contributed by atoms with van der Waals surface area (Å²) in [6.45, 7) is 3.73. The Morgan fingerprint density at radius 3 is 2.20 bits per heavy atom. The first kappa shape index (κ1) is 16.9. The van der Waals surface area contributed by atoms with Gasteiger partial charge < -0.3 is 14.4 Å². The van der Waals surface area contributed by atoms with Crippen molar-refractivity contribution in [1.29, 1.82) is 0 Å². The molecule has 0 amide bonds. The molecule has 25 heavy (non-hydrogen) atoms. The fraction of sp³-hybridized carbons (Fsp3) is 0.278. The molecule has 0 spiro atoms. The van der Waals surface area contributed by atoms with E-state index < -0.39 is 11.9 Å². The lowest BCUT2D eigenvalue weighted by atomic mass is 9.91. The van der Waals surface area contributed by atoms with E-state index in [-0.39, 0.29) is 11.1 Å². The zero-order chi connectivity index (χ0) is 18.1. The number of hydrogen-bond donors (Lipinski definition) is 0. The summed E-state index contributed by atoms with van der Waals surface area (Å²) in [5, 5.41) is 0. The Bertz CT molecular complexity index is 834. The van der Waals surface area contributed by atoms with Crippen molar-refractivity contribution >= 4 is 11.9 Å². The lowest BCUT2D eigenvalue weighted by Crippen LogP contribution is -2.16. The van der Waals surface area contributed by atoms with E-state index in [1.165, 1.54) is 14.2 Å². The first-order valence-corrected chi connectivity index (χ1v) is 7.58. The average Bonchev–Trinajstić information content (AvgIpc) is 3.07. The maximum atomic E-state index is 12.4. The molecule has 1 aliphatic heterocycles. The molecule has 0 unspecified atom stereocenters. The summed E-state index contributed by atoms with van der Waals surface area (Å²) >= 11 is 0. The molecule has 0 aliphatic carbocycles. The molecule has 0 saturated carbocycles. The topological polar surface area (TPSA) is 84.0 Å². The van der Waals surface area contributed by atoms with E-state index in [1.807, 2.05) is 6.07 Å². The molecular formula is C18H17NO6. The van der Waals surface area contributed by atoms with E-state index in [9.17, 15) is 9.59 Å². The van der Waals surface area contributed by atoms with Gasteiger partial charge in [0.05, 0.1) is 36.7 Å². The van der Waals surface area contributed by atoms with Gasteiger partial charge in [-0.3, -0.25) is 4.98 Å². The number of pyridine rings is 1. The molecule has 7 heteroatoms. The number of fused-ring (bicyclic) bond motifs is 1. The summed E-state index contributed by atoms with van der Waals surface area (Å²) in [6.07, 6.45) is 0. The highest BCUT2D eigenvalue weighted by Crippen LogP contribution is 2.37. The molecule has 0 atom stereocenters. The minimum Gasteiger partial charge on any atom is -0.465 e. The van der Waals surface area contributed by atoms with Crippen LogP contribution in [0.1, 0.15) is 37.7 Å². The van der Waals surface area contributed by atoms with Gasteiger partial charge in [-0.2, -0.15) is 4.89 Å². The van der Waals surface area contributed by atoms with Gasteiger partial charge in [-0.25, -0.2) is 9.59 Å². The number of esters is 2. The van der Waals surface area contributed by atoms with Crippen molar-refractivity contribution in [2.45, 2.75) is 20.5 Å². The molecule has 1 aromatic carbocycles. The Labute approximate surface area is 144 Å². The second kappa shape index (κ2) is 6.52. The first-order valence-electron chi connectivity index (χ1n) is 7.58. The molecule has 3 rings (SSSR count). The van der Waals surface area contributed by atoms with Crippen molar-refractivity contribution < 1.29 is 28.8 Å². The zero-order valence-electron chi connectivity index (χ0n) is 14.3. The van der Waals surface area contributed by atoms with E-state index in [2.05, 4.69) is 4.98 Å². The van der Waals surface area contributed by atoms with Gasteiger partial charge in [0.1, 0.15) is 6.61 Å². The van der Waals surface area contributed by atoms with Gasteiger partial charge in [-0.05, 0) is 25.5 Å². The Hall–Kier alpha value is -2.93. The molecule has 7 nitrogen and oxygen atoms in total. The highest BCUT2D eigenvalue weighted by Gasteiger charge is 2.28. The number of carbonyl (C=O) groups excluding carboxylic acids is 2. The van der Waals surface area contributed by atoms with Crippen LogP contribution in [0.25, 0.3) is 11.1 Å². The van der Waals surface area contributed by atoms with Gasteiger partial charge in [0.25, 0.3) is 0 Å². The summed E-state index contributed by atoms with van der Waals surface area (Å²) in [7, 11) is 2.56. The van der Waals surface area contributed by atoms with Gasteiger partial charge in [-0.1, -0.05) is 12.1 Å². The minimum atomic E-state index is -0.581. The minimum absolute atomic E-state index is 0.215. The van der Waals surface area contributed by atoms with Gasteiger partial charge in [0, 0.05) is 11.1 Å². The van der Waals surface area contributed by atoms with Gasteiger partial charge in [0.15, 0.2) is 5.75 Å². The summed E-state index contributed by atoms with van der Waals surface area (Å²) in [6, 6.07) is 5.34. The smallest absolute Gasteiger partial charge is 0.340 e. The molecule has 0 fully saturated rings. The molecule has 130 valence electrons. The SMILES string of the molecule is COC(=O)c1c(C)nc(C)c(C(=O)OC)c1-c1ccc2c(c1)OOC2. The van der Waals surface area contributed by atoms with Gasteiger partial charge in [0.2, 0.25) is 0 Å². The van der Waals surface area contributed by atoms with Crippen LogP contribution in [0.5, 0.6) is 5.75 Å². The number of nitrogens with zero attached hydrogens (tertiary/aromatic N) is 1. The summed E-state index contributed by atoms with van der Waals surface area (Å²) < 4.78 is 9.79. The highest BCUT2D eigenvalue weighted by atomic mass is 17.2. The van der Waals surface area contributed by atoms with Crippen molar-refractivity contribution in [2.75, 3.05) is 14.2 Å². The van der Waals surface area contributed by atoms with E-state index >= 15 is 0 Å². The van der Waals surface area contributed by atoms with Crippen LogP contribution in [-0.4, -0.2) is 31.1 Å². The number of aryl methyl sites for hydroxylation is 2. The molecule has 0 saturated heterocycles. The molecule has 2 heterocycles. The Morgan fingerprint density at radius 1 is 1.04 bits per heavy atom. The van der Waals surface area contributed by atoms with Crippen LogP contribution in [-0.2, 0) is 21.0 Å². The molecule has 2 aromatic rings. The molecular weight excluding hydrogens is 326 g/mol. The average molecular weight is 343 g/mol. The molecule has 0 bridgehead atoms. The fourth-order valence-electron chi connectivity index (χ4n) is 2.91. The third-order valence-electron chi connectivity index (χ3n) is 4.06. The fourth-order valence-corrected chi connectivity index (χ4v) is 2.91. The van der Waals surface area contributed by atoms with E-state index in [1.54, 1.807) is 26.0 Å². The van der Waals surface area contributed by atoms with E-state index in [4.69, 9.17) is 19.2 Å². The number of benzene rings is 1. The van der Waals surface area contributed by atoms with E-state index in [0.29, 0.717) is 34.9 Å². The predicted octanol–water partition coefficient (Wildman–Crippen LogP) is 2.76. The Morgan fingerprint density at radius 2 is 1.64 bits per heavy atom. The third-order valence-corrected chi connectivity index (χ3v) is 4.06. The van der Waals surface area contributed by atoms with Gasteiger partial charge >= 0.3 is 11.9 Å². The van der Waals surface area contributed by atoms with Crippen molar-refractivity contribution in [3.8, 4) is 16.9 Å². The number of methoxy groups -OCH3 is 2. The molecule has 1 aliphatic rings. The van der Waals surface area contributed by atoms with Crippen molar-refractivity contribution in [2.24, 2.45) is 0 Å². The monoisotopic (exact) mass is 343 g/mol. The molecule has 0 radical (unpaired) electrons. The van der Waals surface area contributed by atoms with E-state index in [0.717, 1.165) is 5.56 Å². The maximum Gasteiger partial charge on any atom is 0.340 e. The predicted molar refractivity (Wildman–Crippen MR) is 87.2 cm³/mol. The number of aromatic nitrogens is 1. The quantitative estimate of drug-likeness (QED) is 0.626. The van der Waals surface area contributed by atoms with Crippen LogP contribution < -0.4 is 4.89 Å². The standard InChI is InChI=1S/C18H17NO6/c1-9-14(17(20)22-3)16(15(10(2)19-9)18(21)23-4)11-5-6-12-8-24-25-13(12)7-11/h5-7H,8H2,1-4H3. The van der Waals surface area contributed by atoms with Crippen LogP contribution in [0.4, 0.5) is 0 Å². The second-order valence-electron chi connectivity index (χ2n) is 5.56. The van der Waals surface area contributed by atoms with Crippen molar-refractivity contribution in [1.82, 2.24) is 4.98 Å². The Kier molecular flexibility index (Phi) is 4.41. The summed E-state index contributed by atoms with van der Waals surface area (Å²) in [4.78, 5) is 39.1. The third kappa shape index (κ3) is 2.83. The molecule has 1 aromatic heterocycles. The number of hydrogen-bond acceptors (Lipinski definition) is 7. The van der Waals surface area contributed by atoms with Crippen LogP contribution in [0.2, 0.25) is 0 Å². The number of ether oxygens (including phenoxy) is 2. The van der Waals surface area contributed by atoms with Crippen molar-refractivity contribution in [3.63, 3.8) is 0 Å². The second-order valence-corrected chi connectivity index (χ2v) is 5.56.